The van der Waals surface area contributed by atoms with Crippen molar-refractivity contribution < 1.29 is 27.5 Å². The molecule has 1 N–H and O–H groups in total. The molecule has 0 heterocycles. The van der Waals surface area contributed by atoms with Crippen molar-refractivity contribution in [1.29, 1.82) is 0 Å². The second-order valence-electron chi connectivity index (χ2n) is 9.84. The molecule has 10 heteroatoms. The predicted molar refractivity (Wildman–Crippen MR) is 164 cm³/mol. The highest BCUT2D eigenvalue weighted by molar-refractivity contribution is 7.92. The molecule has 0 saturated carbocycles. The third-order valence-corrected chi connectivity index (χ3v) is 8.69. The van der Waals surface area contributed by atoms with Crippen molar-refractivity contribution in [3.63, 3.8) is 0 Å². The lowest BCUT2D eigenvalue weighted by molar-refractivity contribution is -0.140. The first-order chi connectivity index (χ1) is 20.2. The van der Waals surface area contributed by atoms with Crippen molar-refractivity contribution in [3.05, 3.63) is 84.4 Å². The zero-order chi connectivity index (χ0) is 30.7. The topological polar surface area (TPSA) is 105 Å². The number of amides is 2. The molecule has 0 saturated heterocycles. The normalized spacial score (nSPS) is 12.6. The molecule has 0 unspecified atom stereocenters. The molecule has 0 fully saturated rings. The largest absolute Gasteiger partial charge is 0.497 e. The van der Waals surface area contributed by atoms with Crippen molar-refractivity contribution in [1.82, 2.24) is 10.2 Å². The Morgan fingerprint density at radius 3 is 2.24 bits per heavy atom. The molecule has 0 aliphatic heterocycles. The van der Waals surface area contributed by atoms with Crippen molar-refractivity contribution >= 4 is 27.5 Å². The van der Waals surface area contributed by atoms with E-state index >= 15 is 0 Å². The highest BCUT2D eigenvalue weighted by Gasteiger charge is 2.35. The number of hydrogen-bond donors (Lipinski definition) is 1. The van der Waals surface area contributed by atoms with Crippen LogP contribution < -0.4 is 19.1 Å². The molecule has 0 aliphatic rings. The molecule has 3 rings (SSSR count). The Balaban J connectivity index is 2.11. The lowest BCUT2D eigenvalue weighted by Gasteiger charge is -2.34. The molecule has 3 aromatic carbocycles. The van der Waals surface area contributed by atoms with Crippen molar-refractivity contribution in [2.45, 2.75) is 64.1 Å². The molecule has 226 valence electrons. The molecule has 2 atom stereocenters. The van der Waals surface area contributed by atoms with Crippen LogP contribution in [0.4, 0.5) is 5.69 Å². The van der Waals surface area contributed by atoms with Crippen LogP contribution in [0.25, 0.3) is 0 Å². The number of ether oxygens (including phenoxy) is 2. The number of nitrogens with zero attached hydrogens (tertiary/aromatic N) is 2. The number of anilines is 1. The van der Waals surface area contributed by atoms with E-state index in [0.29, 0.717) is 24.5 Å². The highest BCUT2D eigenvalue weighted by atomic mass is 32.2. The van der Waals surface area contributed by atoms with Gasteiger partial charge in [0.15, 0.2) is 0 Å². The van der Waals surface area contributed by atoms with Gasteiger partial charge < -0.3 is 19.7 Å². The summed E-state index contributed by atoms with van der Waals surface area (Å²) in [4.78, 5) is 29.2. The average Bonchev–Trinajstić information content (AvgIpc) is 3.00. The first-order valence-electron chi connectivity index (χ1n) is 14.2. The van der Waals surface area contributed by atoms with Crippen LogP contribution in [0.3, 0.4) is 0 Å². The zero-order valence-corrected chi connectivity index (χ0v) is 25.8. The van der Waals surface area contributed by atoms with E-state index in [-0.39, 0.29) is 29.1 Å². The van der Waals surface area contributed by atoms with Gasteiger partial charge in [0.2, 0.25) is 11.8 Å². The van der Waals surface area contributed by atoms with Gasteiger partial charge in [-0.2, -0.15) is 0 Å². The van der Waals surface area contributed by atoms with Gasteiger partial charge in [0.1, 0.15) is 24.1 Å². The van der Waals surface area contributed by atoms with Crippen LogP contribution in [0.1, 0.15) is 46.1 Å². The van der Waals surface area contributed by atoms with E-state index in [0.717, 1.165) is 16.3 Å². The molecule has 2 amide bonds. The van der Waals surface area contributed by atoms with Gasteiger partial charge in [-0.05, 0) is 68.7 Å². The molecule has 0 aliphatic carbocycles. The van der Waals surface area contributed by atoms with Crippen LogP contribution in [0.15, 0.2) is 83.8 Å². The summed E-state index contributed by atoms with van der Waals surface area (Å²) in [7, 11) is -2.64. The summed E-state index contributed by atoms with van der Waals surface area (Å²) in [6.45, 7) is 7.34. The van der Waals surface area contributed by atoms with Gasteiger partial charge in [-0.25, -0.2) is 8.42 Å². The number of methoxy groups -OCH3 is 1. The number of carbonyl (C=O) groups excluding carboxylic acids is 2. The van der Waals surface area contributed by atoms with Gasteiger partial charge in [0, 0.05) is 12.6 Å². The Morgan fingerprint density at radius 2 is 1.60 bits per heavy atom. The minimum atomic E-state index is -4.20. The average molecular weight is 596 g/mol. The summed E-state index contributed by atoms with van der Waals surface area (Å²) in [5.41, 5.74) is 0.972. The Labute approximate surface area is 249 Å². The molecule has 0 spiro atoms. The number of para-hydroxylation sites is 2. The summed E-state index contributed by atoms with van der Waals surface area (Å²) >= 11 is 0. The van der Waals surface area contributed by atoms with Gasteiger partial charge >= 0.3 is 0 Å². The highest BCUT2D eigenvalue weighted by Crippen LogP contribution is 2.33. The van der Waals surface area contributed by atoms with Crippen LogP contribution in [0, 0.1) is 0 Å². The fourth-order valence-electron chi connectivity index (χ4n) is 4.50. The van der Waals surface area contributed by atoms with Crippen LogP contribution in [-0.2, 0) is 26.2 Å². The quantitative estimate of drug-likeness (QED) is 0.265. The number of carbonyl (C=O) groups is 2. The predicted octanol–water partition coefficient (Wildman–Crippen LogP) is 5.01. The third-order valence-electron chi connectivity index (χ3n) is 6.92. The number of nitrogens with one attached hydrogen (secondary N) is 1. The van der Waals surface area contributed by atoms with E-state index in [2.05, 4.69) is 5.32 Å². The van der Waals surface area contributed by atoms with Crippen LogP contribution in [0.5, 0.6) is 11.5 Å². The number of rotatable bonds is 15. The second-order valence-corrected chi connectivity index (χ2v) is 11.7. The van der Waals surface area contributed by atoms with E-state index in [1.165, 1.54) is 17.0 Å². The molecule has 0 bridgehead atoms. The molecule has 3 aromatic rings. The van der Waals surface area contributed by atoms with Gasteiger partial charge in [-0.15, -0.1) is 0 Å². The van der Waals surface area contributed by atoms with Crippen LogP contribution in [-0.4, -0.2) is 57.5 Å². The minimum Gasteiger partial charge on any atom is -0.497 e. The van der Waals surface area contributed by atoms with E-state index in [4.69, 9.17) is 9.47 Å². The van der Waals surface area contributed by atoms with Crippen molar-refractivity contribution in [2.24, 2.45) is 0 Å². The second kappa shape index (κ2) is 15.3. The monoisotopic (exact) mass is 595 g/mol. The number of hydrogen-bond acceptors (Lipinski definition) is 6. The first kappa shape index (κ1) is 32.5. The molecule has 0 radical (unpaired) electrons. The maximum absolute atomic E-state index is 14.3. The molecule has 0 aromatic heterocycles. The van der Waals surface area contributed by atoms with Crippen LogP contribution >= 0.6 is 0 Å². The van der Waals surface area contributed by atoms with Gasteiger partial charge in [-0.3, -0.25) is 13.9 Å². The summed E-state index contributed by atoms with van der Waals surface area (Å²) in [6.07, 6.45) is 1.06. The van der Waals surface area contributed by atoms with E-state index < -0.39 is 28.5 Å². The molecular formula is C32H41N3O6S. The Morgan fingerprint density at radius 1 is 0.905 bits per heavy atom. The summed E-state index contributed by atoms with van der Waals surface area (Å²) in [6, 6.07) is 21.0. The lowest BCUT2D eigenvalue weighted by Crippen LogP contribution is -2.53. The van der Waals surface area contributed by atoms with Crippen molar-refractivity contribution in [2.75, 3.05) is 24.6 Å². The number of sulfonamides is 1. The minimum absolute atomic E-state index is 0.0324. The van der Waals surface area contributed by atoms with Gasteiger partial charge in [0.05, 0.1) is 24.3 Å². The fourth-order valence-corrected chi connectivity index (χ4v) is 5.95. The lowest BCUT2D eigenvalue weighted by atomic mass is 10.1. The molecule has 9 nitrogen and oxygen atoms in total. The van der Waals surface area contributed by atoms with E-state index in [9.17, 15) is 18.0 Å². The Bertz CT molecular complexity index is 1430. The Hall–Kier alpha value is -4.05. The van der Waals surface area contributed by atoms with Crippen LogP contribution in [0.2, 0.25) is 0 Å². The smallest absolute Gasteiger partial charge is 0.264 e. The SMILES string of the molecule is CCOc1ccccc1N(CC(=O)N(Cc1cccc(OC)c1)[C@H](CC)C(=O)N[C@H](C)CC)S(=O)(=O)c1ccccc1. The summed E-state index contributed by atoms with van der Waals surface area (Å²) < 4.78 is 40.3. The van der Waals surface area contributed by atoms with Crippen molar-refractivity contribution in [3.8, 4) is 11.5 Å². The van der Waals surface area contributed by atoms with Gasteiger partial charge in [-0.1, -0.05) is 56.3 Å². The molecule has 42 heavy (non-hydrogen) atoms. The fraction of sp³-hybridized carbons (Fsp3) is 0.375. The maximum atomic E-state index is 14.3. The summed E-state index contributed by atoms with van der Waals surface area (Å²) in [5, 5.41) is 2.98. The van der Waals surface area contributed by atoms with Gasteiger partial charge in [0.25, 0.3) is 10.0 Å². The molecular weight excluding hydrogens is 554 g/mol. The Kier molecular flexibility index (Phi) is 11.8. The van der Waals surface area contributed by atoms with E-state index in [1.54, 1.807) is 68.6 Å². The summed E-state index contributed by atoms with van der Waals surface area (Å²) in [5.74, 6) is 0.106. The standard InChI is InChI=1S/C32H41N3O6S/c1-6-24(4)33-32(37)28(7-2)34(22-25-15-14-16-26(21-25)40-5)31(36)23-35(29-19-12-13-20-30(29)41-8-3)42(38,39)27-17-10-9-11-18-27/h9-21,24,28H,6-8,22-23H2,1-5H3,(H,33,37)/t24-,28-/m1/s1. The first-order valence-corrected chi connectivity index (χ1v) is 15.6. The maximum Gasteiger partial charge on any atom is 0.264 e. The van der Waals surface area contributed by atoms with E-state index in [1.807, 2.05) is 32.9 Å². The zero-order valence-electron chi connectivity index (χ0n) is 24.9. The third kappa shape index (κ3) is 8.03. The number of benzene rings is 3.